The van der Waals surface area contributed by atoms with Crippen molar-refractivity contribution >= 4 is 17.3 Å². The van der Waals surface area contributed by atoms with Crippen LogP contribution in [-0.4, -0.2) is 23.1 Å². The minimum absolute atomic E-state index is 0.0941. The summed E-state index contributed by atoms with van der Waals surface area (Å²) in [6, 6.07) is 4.20. The molecule has 0 spiro atoms. The SMILES string of the molecule is O=[N+]([O-])c1ccc(Cl)cc1C1(O)CNC1. The van der Waals surface area contributed by atoms with Gasteiger partial charge in [0.1, 0.15) is 5.60 Å². The summed E-state index contributed by atoms with van der Waals surface area (Å²) in [5.74, 6) is 0. The maximum atomic E-state index is 10.8. The Labute approximate surface area is 90.8 Å². The molecule has 0 atom stereocenters. The van der Waals surface area contributed by atoms with Crippen molar-refractivity contribution in [3.05, 3.63) is 38.9 Å². The van der Waals surface area contributed by atoms with E-state index in [-0.39, 0.29) is 11.3 Å². The number of halogens is 1. The lowest BCUT2D eigenvalue weighted by Gasteiger charge is -2.37. The quantitative estimate of drug-likeness (QED) is 0.586. The zero-order valence-corrected chi connectivity index (χ0v) is 8.49. The van der Waals surface area contributed by atoms with Gasteiger partial charge >= 0.3 is 0 Å². The van der Waals surface area contributed by atoms with Gasteiger partial charge in [-0.3, -0.25) is 10.1 Å². The molecule has 1 aromatic carbocycles. The summed E-state index contributed by atoms with van der Waals surface area (Å²) in [6.45, 7) is 0.627. The second-order valence-electron chi connectivity index (χ2n) is 3.55. The first-order valence-corrected chi connectivity index (χ1v) is 4.78. The van der Waals surface area contributed by atoms with Gasteiger partial charge in [-0.25, -0.2) is 0 Å². The number of benzene rings is 1. The lowest BCUT2D eigenvalue weighted by atomic mass is 9.87. The molecule has 1 heterocycles. The van der Waals surface area contributed by atoms with Crippen LogP contribution in [-0.2, 0) is 5.60 Å². The van der Waals surface area contributed by atoms with E-state index >= 15 is 0 Å². The molecule has 2 N–H and O–H groups in total. The van der Waals surface area contributed by atoms with Crippen LogP contribution < -0.4 is 5.32 Å². The van der Waals surface area contributed by atoms with Gasteiger partial charge in [0.05, 0.1) is 10.5 Å². The van der Waals surface area contributed by atoms with Gasteiger partial charge in [0.25, 0.3) is 5.69 Å². The van der Waals surface area contributed by atoms with E-state index in [1.807, 2.05) is 0 Å². The maximum Gasteiger partial charge on any atom is 0.275 e. The molecule has 0 amide bonds. The van der Waals surface area contributed by atoms with Crippen molar-refractivity contribution in [3.8, 4) is 0 Å². The average molecular weight is 229 g/mol. The molecule has 1 aromatic rings. The van der Waals surface area contributed by atoms with E-state index in [2.05, 4.69) is 5.32 Å². The largest absolute Gasteiger partial charge is 0.382 e. The van der Waals surface area contributed by atoms with Gasteiger partial charge in [-0.1, -0.05) is 11.6 Å². The Morgan fingerprint density at radius 1 is 1.53 bits per heavy atom. The van der Waals surface area contributed by atoms with Crippen LogP contribution in [0.4, 0.5) is 5.69 Å². The molecule has 0 aliphatic carbocycles. The van der Waals surface area contributed by atoms with Crippen LogP contribution in [0.5, 0.6) is 0 Å². The van der Waals surface area contributed by atoms with E-state index < -0.39 is 10.5 Å². The van der Waals surface area contributed by atoms with Crippen LogP contribution in [0.25, 0.3) is 0 Å². The molecular formula is C9H9ClN2O3. The van der Waals surface area contributed by atoms with Crippen LogP contribution in [0.15, 0.2) is 18.2 Å². The molecule has 2 rings (SSSR count). The third-order valence-electron chi connectivity index (χ3n) is 2.49. The van der Waals surface area contributed by atoms with Crippen molar-refractivity contribution < 1.29 is 10.0 Å². The molecular weight excluding hydrogens is 220 g/mol. The number of nitrogens with one attached hydrogen (secondary N) is 1. The van der Waals surface area contributed by atoms with Gasteiger partial charge in [0.2, 0.25) is 0 Å². The smallest absolute Gasteiger partial charge is 0.275 e. The number of nitrogens with zero attached hydrogens (tertiary/aromatic N) is 1. The Hall–Kier alpha value is -1.17. The predicted molar refractivity (Wildman–Crippen MR) is 54.9 cm³/mol. The minimum Gasteiger partial charge on any atom is -0.382 e. The number of nitro groups is 1. The predicted octanol–water partition coefficient (Wildman–Crippen LogP) is 1.04. The Morgan fingerprint density at radius 3 is 2.67 bits per heavy atom. The fourth-order valence-electron chi connectivity index (χ4n) is 1.59. The fourth-order valence-corrected chi connectivity index (χ4v) is 1.76. The molecule has 80 valence electrons. The minimum atomic E-state index is -1.16. The summed E-state index contributed by atoms with van der Waals surface area (Å²) in [7, 11) is 0. The Bertz CT molecular complexity index is 418. The molecule has 1 aliphatic heterocycles. The summed E-state index contributed by atoms with van der Waals surface area (Å²) in [5, 5.41) is 24.0. The monoisotopic (exact) mass is 228 g/mol. The zero-order chi connectivity index (χ0) is 11.1. The second-order valence-corrected chi connectivity index (χ2v) is 3.99. The zero-order valence-electron chi connectivity index (χ0n) is 7.74. The molecule has 0 unspecified atom stereocenters. The number of rotatable bonds is 2. The van der Waals surface area contributed by atoms with Gasteiger partial charge in [-0.05, 0) is 12.1 Å². The molecule has 0 bridgehead atoms. The van der Waals surface area contributed by atoms with Gasteiger partial charge in [0, 0.05) is 24.2 Å². The summed E-state index contributed by atoms with van der Waals surface area (Å²) in [6.07, 6.45) is 0. The van der Waals surface area contributed by atoms with Crippen LogP contribution in [0.3, 0.4) is 0 Å². The van der Waals surface area contributed by atoms with Crippen molar-refractivity contribution in [1.82, 2.24) is 5.32 Å². The van der Waals surface area contributed by atoms with Crippen LogP contribution >= 0.6 is 11.6 Å². The van der Waals surface area contributed by atoms with E-state index in [1.54, 1.807) is 0 Å². The first kappa shape index (κ1) is 10.4. The van der Waals surface area contributed by atoms with Crippen molar-refractivity contribution in [2.75, 3.05) is 13.1 Å². The van der Waals surface area contributed by atoms with Crippen molar-refractivity contribution in [2.24, 2.45) is 0 Å². The lowest BCUT2D eigenvalue weighted by molar-refractivity contribution is -0.386. The van der Waals surface area contributed by atoms with E-state index in [9.17, 15) is 15.2 Å². The second kappa shape index (κ2) is 3.44. The highest BCUT2D eigenvalue weighted by Crippen LogP contribution is 2.34. The van der Waals surface area contributed by atoms with Crippen LogP contribution in [0.2, 0.25) is 5.02 Å². The normalized spacial score (nSPS) is 18.3. The van der Waals surface area contributed by atoms with Crippen molar-refractivity contribution in [2.45, 2.75) is 5.60 Å². The highest BCUT2D eigenvalue weighted by Gasteiger charge is 2.41. The molecule has 15 heavy (non-hydrogen) atoms. The van der Waals surface area contributed by atoms with Crippen LogP contribution in [0, 0.1) is 10.1 Å². The third-order valence-corrected chi connectivity index (χ3v) is 2.73. The standard InChI is InChI=1S/C9H9ClN2O3/c10-6-1-2-8(12(14)15)7(3-6)9(13)4-11-5-9/h1-3,11,13H,4-5H2. The fraction of sp³-hybridized carbons (Fsp3) is 0.333. The molecule has 1 aliphatic rings. The number of hydrogen-bond donors (Lipinski definition) is 2. The number of hydrogen-bond acceptors (Lipinski definition) is 4. The lowest BCUT2D eigenvalue weighted by Crippen LogP contribution is -2.56. The van der Waals surface area contributed by atoms with E-state index in [1.165, 1.54) is 18.2 Å². The summed E-state index contributed by atoms with van der Waals surface area (Å²) >= 11 is 5.75. The summed E-state index contributed by atoms with van der Waals surface area (Å²) in [4.78, 5) is 10.2. The van der Waals surface area contributed by atoms with Crippen molar-refractivity contribution in [3.63, 3.8) is 0 Å². The average Bonchev–Trinajstić information content (AvgIpc) is 2.13. The van der Waals surface area contributed by atoms with Gasteiger partial charge in [0.15, 0.2) is 0 Å². The maximum absolute atomic E-state index is 10.8. The van der Waals surface area contributed by atoms with Crippen molar-refractivity contribution in [1.29, 1.82) is 0 Å². The molecule has 0 saturated carbocycles. The number of β-amino-alcohol motifs (C(OH)–C–C–N with tert-alkyl or cyclic N) is 1. The van der Waals surface area contributed by atoms with Gasteiger partial charge in [-0.2, -0.15) is 0 Å². The first-order valence-electron chi connectivity index (χ1n) is 4.40. The molecule has 0 radical (unpaired) electrons. The van der Waals surface area contributed by atoms with Gasteiger partial charge < -0.3 is 10.4 Å². The Morgan fingerprint density at radius 2 is 2.20 bits per heavy atom. The Kier molecular flexibility index (Phi) is 2.38. The summed E-state index contributed by atoms with van der Waals surface area (Å²) in [5.41, 5.74) is -0.977. The van der Waals surface area contributed by atoms with E-state index in [4.69, 9.17) is 11.6 Å². The molecule has 6 heteroatoms. The van der Waals surface area contributed by atoms with Gasteiger partial charge in [-0.15, -0.1) is 0 Å². The first-order chi connectivity index (χ1) is 7.03. The molecule has 1 fully saturated rings. The number of aliphatic hydroxyl groups is 1. The highest BCUT2D eigenvalue weighted by molar-refractivity contribution is 6.30. The van der Waals surface area contributed by atoms with E-state index in [0.717, 1.165) is 0 Å². The molecule has 1 saturated heterocycles. The topological polar surface area (TPSA) is 75.4 Å². The molecule has 0 aromatic heterocycles. The van der Waals surface area contributed by atoms with E-state index in [0.29, 0.717) is 18.1 Å². The third kappa shape index (κ3) is 1.69. The Balaban J connectivity index is 2.52. The summed E-state index contributed by atoms with van der Waals surface area (Å²) < 4.78 is 0. The number of nitro benzene ring substituents is 1. The molecule has 5 nitrogen and oxygen atoms in total. The highest BCUT2D eigenvalue weighted by atomic mass is 35.5. The van der Waals surface area contributed by atoms with Crippen LogP contribution in [0.1, 0.15) is 5.56 Å².